The highest BCUT2D eigenvalue weighted by Crippen LogP contribution is 2.16. The van der Waals surface area contributed by atoms with Gasteiger partial charge in [-0.25, -0.2) is 0 Å². The van der Waals surface area contributed by atoms with Crippen molar-refractivity contribution < 1.29 is 19.5 Å². The third-order valence-corrected chi connectivity index (χ3v) is 2.57. The zero-order valence-electron chi connectivity index (χ0n) is 11.4. The summed E-state index contributed by atoms with van der Waals surface area (Å²) in [5.74, 6) is -1.82. The quantitative estimate of drug-likeness (QED) is 0.814. The van der Waals surface area contributed by atoms with Crippen molar-refractivity contribution in [3.63, 3.8) is 0 Å². The largest absolute Gasteiger partial charge is 0.480 e. The lowest BCUT2D eigenvalue weighted by Gasteiger charge is -2.19. The average molecular weight is 276 g/mol. The monoisotopic (exact) mass is 276 g/mol. The molecule has 6 heteroatoms. The van der Waals surface area contributed by atoms with E-state index in [0.717, 1.165) is 11.0 Å². The van der Waals surface area contributed by atoms with Crippen LogP contribution in [0.4, 0.5) is 5.69 Å². The summed E-state index contributed by atoms with van der Waals surface area (Å²) < 4.78 is 0. The number of hydrogen-bond donors (Lipinski definition) is 1. The van der Waals surface area contributed by atoms with Crippen molar-refractivity contribution in [2.75, 3.05) is 25.5 Å². The number of carbonyl (C=O) groups excluding carboxylic acids is 2. The van der Waals surface area contributed by atoms with E-state index in [0.29, 0.717) is 11.3 Å². The molecule has 0 aliphatic heterocycles. The molecule has 1 aromatic rings. The first kappa shape index (κ1) is 15.4. The molecule has 0 aliphatic carbocycles. The van der Waals surface area contributed by atoms with Gasteiger partial charge in [0.05, 0.1) is 0 Å². The lowest BCUT2D eigenvalue weighted by molar-refractivity contribution is -0.136. The molecule has 6 nitrogen and oxygen atoms in total. The SMILES string of the molecule is C=CC(=O)N(CC(=O)O)c1ccc(C(=O)N(C)C)cc1. The van der Waals surface area contributed by atoms with Crippen LogP contribution < -0.4 is 4.90 Å². The molecule has 0 saturated carbocycles. The maximum Gasteiger partial charge on any atom is 0.323 e. The summed E-state index contributed by atoms with van der Waals surface area (Å²) in [4.78, 5) is 36.6. The van der Waals surface area contributed by atoms with E-state index in [4.69, 9.17) is 5.11 Å². The Morgan fingerprint density at radius 1 is 1.20 bits per heavy atom. The van der Waals surface area contributed by atoms with Crippen LogP contribution in [0.15, 0.2) is 36.9 Å². The van der Waals surface area contributed by atoms with E-state index in [-0.39, 0.29) is 5.91 Å². The molecule has 1 aromatic carbocycles. The van der Waals surface area contributed by atoms with E-state index in [2.05, 4.69) is 6.58 Å². The highest BCUT2D eigenvalue weighted by Gasteiger charge is 2.17. The summed E-state index contributed by atoms with van der Waals surface area (Å²) in [7, 11) is 3.27. The molecule has 2 amide bonds. The topological polar surface area (TPSA) is 77.9 Å². The Morgan fingerprint density at radius 2 is 1.75 bits per heavy atom. The van der Waals surface area contributed by atoms with E-state index in [9.17, 15) is 14.4 Å². The number of carboxylic acids is 1. The molecule has 1 rings (SSSR count). The molecule has 20 heavy (non-hydrogen) atoms. The second-order valence-corrected chi connectivity index (χ2v) is 4.27. The molecule has 0 radical (unpaired) electrons. The zero-order chi connectivity index (χ0) is 15.3. The van der Waals surface area contributed by atoms with Gasteiger partial charge in [-0.3, -0.25) is 19.3 Å². The van der Waals surface area contributed by atoms with Crippen molar-refractivity contribution in [1.29, 1.82) is 0 Å². The first-order chi connectivity index (χ1) is 9.36. The molecule has 0 spiro atoms. The number of benzene rings is 1. The second kappa shape index (κ2) is 6.51. The molecule has 0 heterocycles. The second-order valence-electron chi connectivity index (χ2n) is 4.27. The van der Waals surface area contributed by atoms with Crippen LogP contribution in [0.5, 0.6) is 0 Å². The summed E-state index contributed by atoms with van der Waals surface area (Å²) in [6.45, 7) is 2.87. The molecule has 106 valence electrons. The van der Waals surface area contributed by atoms with E-state index >= 15 is 0 Å². The minimum absolute atomic E-state index is 0.170. The Labute approximate surface area is 116 Å². The minimum Gasteiger partial charge on any atom is -0.480 e. The van der Waals surface area contributed by atoms with Gasteiger partial charge in [-0.05, 0) is 30.3 Å². The van der Waals surface area contributed by atoms with Crippen LogP contribution in [0.1, 0.15) is 10.4 Å². The van der Waals surface area contributed by atoms with Crippen LogP contribution >= 0.6 is 0 Å². The van der Waals surface area contributed by atoms with Crippen molar-refractivity contribution in [3.8, 4) is 0 Å². The Bertz CT molecular complexity index is 535. The first-order valence-electron chi connectivity index (χ1n) is 5.84. The van der Waals surface area contributed by atoms with Crippen LogP contribution in [0.3, 0.4) is 0 Å². The Balaban J connectivity index is 3.04. The third-order valence-electron chi connectivity index (χ3n) is 2.57. The van der Waals surface area contributed by atoms with Gasteiger partial charge in [0.2, 0.25) is 0 Å². The van der Waals surface area contributed by atoms with Gasteiger partial charge in [0, 0.05) is 25.3 Å². The number of aliphatic carboxylic acids is 1. The van der Waals surface area contributed by atoms with E-state index in [1.54, 1.807) is 26.2 Å². The van der Waals surface area contributed by atoms with Gasteiger partial charge in [0.1, 0.15) is 6.54 Å². The predicted octanol–water partition coefficient (Wildman–Crippen LogP) is 0.992. The number of amides is 2. The number of hydrogen-bond acceptors (Lipinski definition) is 3. The van der Waals surface area contributed by atoms with Crippen molar-refractivity contribution in [2.24, 2.45) is 0 Å². The Morgan fingerprint density at radius 3 is 2.15 bits per heavy atom. The van der Waals surface area contributed by atoms with Crippen LogP contribution in [-0.4, -0.2) is 48.4 Å². The standard InChI is InChI=1S/C14H16N2O4/c1-4-12(17)16(9-13(18)19)11-7-5-10(6-8-11)14(20)15(2)3/h4-8H,1,9H2,2-3H3,(H,18,19). The summed E-state index contributed by atoms with van der Waals surface area (Å²) in [6, 6.07) is 6.15. The van der Waals surface area contributed by atoms with Gasteiger partial charge >= 0.3 is 5.97 Å². The van der Waals surface area contributed by atoms with Crippen LogP contribution in [0, 0.1) is 0 Å². The summed E-state index contributed by atoms with van der Waals surface area (Å²) in [5, 5.41) is 8.82. The lowest BCUT2D eigenvalue weighted by Crippen LogP contribution is -2.34. The van der Waals surface area contributed by atoms with Crippen LogP contribution in [-0.2, 0) is 9.59 Å². The first-order valence-corrected chi connectivity index (χ1v) is 5.84. The molecule has 0 saturated heterocycles. The van der Waals surface area contributed by atoms with Crippen molar-refractivity contribution in [3.05, 3.63) is 42.5 Å². The molecule has 0 bridgehead atoms. The van der Waals surface area contributed by atoms with Gasteiger partial charge in [-0.1, -0.05) is 6.58 Å². The molecule has 1 N–H and O–H groups in total. The van der Waals surface area contributed by atoms with Gasteiger partial charge in [0.25, 0.3) is 11.8 Å². The average Bonchev–Trinajstić information content (AvgIpc) is 2.43. The van der Waals surface area contributed by atoms with Gasteiger partial charge in [-0.15, -0.1) is 0 Å². The van der Waals surface area contributed by atoms with Gasteiger partial charge in [0.15, 0.2) is 0 Å². The van der Waals surface area contributed by atoms with Gasteiger partial charge < -0.3 is 10.0 Å². The molecule has 0 unspecified atom stereocenters. The molecular weight excluding hydrogens is 260 g/mol. The Hall–Kier alpha value is -2.63. The summed E-state index contributed by atoms with van der Waals surface area (Å²) in [5.41, 5.74) is 0.854. The number of anilines is 1. The van der Waals surface area contributed by atoms with Crippen molar-refractivity contribution >= 4 is 23.5 Å². The third kappa shape index (κ3) is 3.68. The summed E-state index contributed by atoms with van der Waals surface area (Å²) >= 11 is 0. The fraction of sp³-hybridized carbons (Fsp3) is 0.214. The van der Waals surface area contributed by atoms with Crippen LogP contribution in [0.2, 0.25) is 0 Å². The van der Waals surface area contributed by atoms with Gasteiger partial charge in [-0.2, -0.15) is 0 Å². The number of carbonyl (C=O) groups is 3. The number of nitrogens with zero attached hydrogens (tertiary/aromatic N) is 2. The lowest BCUT2D eigenvalue weighted by atomic mass is 10.1. The highest BCUT2D eigenvalue weighted by atomic mass is 16.4. The maximum absolute atomic E-state index is 11.7. The van der Waals surface area contributed by atoms with E-state index in [1.807, 2.05) is 0 Å². The number of carboxylic acid groups (broad SMARTS) is 1. The molecular formula is C14H16N2O4. The summed E-state index contributed by atoms with van der Waals surface area (Å²) in [6.07, 6.45) is 1.04. The van der Waals surface area contributed by atoms with Crippen molar-refractivity contribution in [2.45, 2.75) is 0 Å². The number of rotatable bonds is 5. The minimum atomic E-state index is -1.13. The smallest absolute Gasteiger partial charge is 0.323 e. The molecule has 0 fully saturated rings. The Kier molecular flexibility index (Phi) is 5.02. The maximum atomic E-state index is 11.7. The molecule has 0 atom stereocenters. The molecule has 0 aromatic heterocycles. The van der Waals surface area contributed by atoms with E-state index < -0.39 is 18.4 Å². The highest BCUT2D eigenvalue weighted by molar-refractivity contribution is 6.04. The zero-order valence-corrected chi connectivity index (χ0v) is 11.4. The van der Waals surface area contributed by atoms with Crippen LogP contribution in [0.25, 0.3) is 0 Å². The normalized spacial score (nSPS) is 9.70. The fourth-order valence-electron chi connectivity index (χ4n) is 1.58. The predicted molar refractivity (Wildman–Crippen MR) is 74.6 cm³/mol. The molecule has 0 aliphatic rings. The van der Waals surface area contributed by atoms with Crippen molar-refractivity contribution in [1.82, 2.24) is 4.90 Å². The van der Waals surface area contributed by atoms with E-state index in [1.165, 1.54) is 17.0 Å². The fourth-order valence-corrected chi connectivity index (χ4v) is 1.58.